The summed E-state index contributed by atoms with van der Waals surface area (Å²) in [4.78, 5) is 42.8. The summed E-state index contributed by atoms with van der Waals surface area (Å²) < 4.78 is 12.3. The van der Waals surface area contributed by atoms with Gasteiger partial charge in [-0.05, 0) is 24.6 Å². The number of esters is 2. The number of ether oxygens (including phenoxy) is 2. The van der Waals surface area contributed by atoms with Gasteiger partial charge in [0.1, 0.15) is 12.5 Å². The quantitative estimate of drug-likeness (QED) is 0.371. The van der Waals surface area contributed by atoms with E-state index in [9.17, 15) is 14.4 Å². The van der Waals surface area contributed by atoms with E-state index in [4.69, 9.17) is 26.1 Å². The van der Waals surface area contributed by atoms with E-state index < -0.39 is 23.4 Å². The normalized spacial score (nSPS) is 19.1. The second kappa shape index (κ2) is 6.67. The summed E-state index contributed by atoms with van der Waals surface area (Å²) in [7, 11) is 0. The molecule has 0 saturated carbocycles. The number of cyclic esters (lactones) is 1. The van der Waals surface area contributed by atoms with E-state index in [1.165, 1.54) is 0 Å². The average Bonchev–Trinajstić information content (AvgIpc) is 3.12. The van der Waals surface area contributed by atoms with Crippen molar-refractivity contribution >= 4 is 34.4 Å². The van der Waals surface area contributed by atoms with Gasteiger partial charge >= 0.3 is 11.9 Å². The maximum atomic E-state index is 13.3. The van der Waals surface area contributed by atoms with Crippen molar-refractivity contribution in [1.82, 2.24) is 9.55 Å². The molecule has 1 aromatic carbocycles. The number of alkyl halides is 1. The van der Waals surface area contributed by atoms with Gasteiger partial charge in [0.25, 0.3) is 5.56 Å². The molecule has 0 unspecified atom stereocenters. The number of nitrogens with zero attached hydrogens (tertiary/aromatic N) is 2. The SMILES string of the molecule is CC[C@@]1(OC(=O)CCl)C(=O)OCc2c1cc1n(c2=O)Cc2cc3ccccc3nc2-1. The standard InChI is InChI=1S/C22H17ClN2O5/c1-2-22(30-18(26)9-23)15-8-17-19-13(7-12-5-3-4-6-16(12)24-19)10-25(17)20(27)14(15)11-29-21(22)28/h3-8H,2,9-11H2,1H3/t22-/m0/s1. The van der Waals surface area contributed by atoms with Crippen LogP contribution in [0, 0.1) is 0 Å². The summed E-state index contributed by atoms with van der Waals surface area (Å²) in [6.07, 6.45) is 0.113. The molecule has 2 aliphatic heterocycles. The Balaban J connectivity index is 1.77. The summed E-state index contributed by atoms with van der Waals surface area (Å²) in [6.45, 7) is 1.91. The van der Waals surface area contributed by atoms with Gasteiger partial charge in [0.05, 0.1) is 29.0 Å². The van der Waals surface area contributed by atoms with E-state index >= 15 is 0 Å². The highest BCUT2D eigenvalue weighted by Crippen LogP contribution is 2.40. The molecule has 0 radical (unpaired) electrons. The summed E-state index contributed by atoms with van der Waals surface area (Å²) in [5.41, 5.74) is 1.67. The Morgan fingerprint density at radius 3 is 2.87 bits per heavy atom. The lowest BCUT2D eigenvalue weighted by Gasteiger charge is -2.35. The molecule has 3 aromatic rings. The zero-order chi connectivity index (χ0) is 21.0. The molecule has 4 heterocycles. The second-order valence-electron chi connectivity index (χ2n) is 7.37. The zero-order valence-electron chi connectivity index (χ0n) is 16.1. The number of hydrogen-bond donors (Lipinski definition) is 0. The van der Waals surface area contributed by atoms with Crippen LogP contribution in [0.2, 0.25) is 0 Å². The largest absolute Gasteiger partial charge is 0.457 e. The molecular weight excluding hydrogens is 408 g/mol. The van der Waals surface area contributed by atoms with Crippen LogP contribution < -0.4 is 5.56 Å². The van der Waals surface area contributed by atoms with Crippen LogP contribution >= 0.6 is 11.6 Å². The molecule has 0 N–H and O–H groups in total. The molecule has 0 bridgehead atoms. The maximum absolute atomic E-state index is 13.3. The van der Waals surface area contributed by atoms with Crippen molar-refractivity contribution in [2.24, 2.45) is 0 Å². The predicted octanol–water partition coefficient (Wildman–Crippen LogP) is 2.87. The summed E-state index contributed by atoms with van der Waals surface area (Å²) in [5, 5.41) is 0.985. The molecule has 0 amide bonds. The predicted molar refractivity (Wildman–Crippen MR) is 109 cm³/mol. The number of halogens is 1. The van der Waals surface area contributed by atoms with Gasteiger partial charge < -0.3 is 14.0 Å². The molecule has 2 aromatic heterocycles. The smallest absolute Gasteiger partial charge is 0.355 e. The summed E-state index contributed by atoms with van der Waals surface area (Å²) in [5.74, 6) is -1.87. The minimum atomic E-state index is -1.70. The molecule has 5 rings (SSSR count). The fourth-order valence-corrected chi connectivity index (χ4v) is 4.36. The Bertz CT molecular complexity index is 1300. The van der Waals surface area contributed by atoms with E-state index in [2.05, 4.69) is 0 Å². The number of pyridine rings is 2. The number of benzene rings is 1. The van der Waals surface area contributed by atoms with Crippen molar-refractivity contribution in [3.8, 4) is 11.4 Å². The Morgan fingerprint density at radius 1 is 1.30 bits per heavy atom. The molecule has 0 spiro atoms. The Labute approximate surface area is 176 Å². The first-order valence-corrected chi connectivity index (χ1v) is 10.1. The van der Waals surface area contributed by atoms with Crippen LogP contribution in [-0.4, -0.2) is 27.4 Å². The molecule has 8 heteroatoms. The number of carbonyl (C=O) groups is 2. The van der Waals surface area contributed by atoms with Gasteiger partial charge in [-0.25, -0.2) is 9.78 Å². The van der Waals surface area contributed by atoms with Crippen LogP contribution in [0.4, 0.5) is 0 Å². The van der Waals surface area contributed by atoms with Gasteiger partial charge in [-0.3, -0.25) is 9.59 Å². The summed E-state index contributed by atoms with van der Waals surface area (Å²) >= 11 is 5.61. The van der Waals surface area contributed by atoms with Crippen LogP contribution in [0.3, 0.4) is 0 Å². The molecule has 30 heavy (non-hydrogen) atoms. The monoisotopic (exact) mass is 424 g/mol. The highest BCUT2D eigenvalue weighted by atomic mass is 35.5. The maximum Gasteiger partial charge on any atom is 0.355 e. The third kappa shape index (κ3) is 2.51. The molecular formula is C22H17ClN2O5. The lowest BCUT2D eigenvalue weighted by molar-refractivity contribution is -0.188. The Morgan fingerprint density at radius 2 is 2.10 bits per heavy atom. The highest BCUT2D eigenvalue weighted by Gasteiger charge is 2.50. The number of hydrogen-bond acceptors (Lipinski definition) is 6. The second-order valence-corrected chi connectivity index (χ2v) is 7.63. The minimum Gasteiger partial charge on any atom is -0.457 e. The van der Waals surface area contributed by atoms with Crippen LogP contribution in [-0.2, 0) is 37.8 Å². The van der Waals surface area contributed by atoms with Crippen molar-refractivity contribution in [2.45, 2.75) is 32.1 Å². The van der Waals surface area contributed by atoms with E-state index in [1.807, 2.05) is 30.3 Å². The fourth-order valence-electron chi connectivity index (χ4n) is 4.30. The Hall–Kier alpha value is -3.19. The van der Waals surface area contributed by atoms with E-state index in [0.717, 1.165) is 16.5 Å². The number of fused-ring (bicyclic) bond motifs is 5. The van der Waals surface area contributed by atoms with E-state index in [1.54, 1.807) is 17.6 Å². The first-order chi connectivity index (χ1) is 14.5. The van der Waals surface area contributed by atoms with Gasteiger partial charge in [-0.15, -0.1) is 11.6 Å². The van der Waals surface area contributed by atoms with Gasteiger partial charge in [-0.2, -0.15) is 0 Å². The topological polar surface area (TPSA) is 87.5 Å². The lowest BCUT2D eigenvalue weighted by Crippen LogP contribution is -2.47. The Kier molecular flexibility index (Phi) is 4.18. The lowest BCUT2D eigenvalue weighted by atomic mass is 9.85. The number of rotatable bonds is 3. The highest BCUT2D eigenvalue weighted by molar-refractivity contribution is 6.26. The molecule has 1 atom stereocenters. The fraction of sp³-hybridized carbons (Fsp3) is 0.273. The molecule has 0 fully saturated rings. The van der Waals surface area contributed by atoms with Gasteiger partial charge in [0.2, 0.25) is 5.60 Å². The van der Waals surface area contributed by atoms with E-state index in [0.29, 0.717) is 29.1 Å². The van der Waals surface area contributed by atoms with Crippen LogP contribution in [0.5, 0.6) is 0 Å². The number of aromatic nitrogens is 2. The molecule has 0 aliphatic carbocycles. The van der Waals surface area contributed by atoms with Crippen LogP contribution in [0.1, 0.15) is 30.0 Å². The van der Waals surface area contributed by atoms with Gasteiger partial charge in [-0.1, -0.05) is 25.1 Å². The summed E-state index contributed by atoms with van der Waals surface area (Å²) in [6, 6.07) is 11.5. The van der Waals surface area contributed by atoms with E-state index in [-0.39, 0.29) is 18.6 Å². The van der Waals surface area contributed by atoms with Crippen LogP contribution in [0.15, 0.2) is 41.2 Å². The van der Waals surface area contributed by atoms with Crippen LogP contribution in [0.25, 0.3) is 22.3 Å². The van der Waals surface area contributed by atoms with Crippen molar-refractivity contribution in [3.05, 3.63) is 63.4 Å². The first kappa shape index (κ1) is 18.8. The van der Waals surface area contributed by atoms with Crippen molar-refractivity contribution in [1.29, 1.82) is 0 Å². The van der Waals surface area contributed by atoms with Gasteiger partial charge in [0.15, 0.2) is 0 Å². The van der Waals surface area contributed by atoms with Crippen molar-refractivity contribution in [3.63, 3.8) is 0 Å². The average molecular weight is 425 g/mol. The van der Waals surface area contributed by atoms with Crippen molar-refractivity contribution in [2.75, 3.05) is 5.88 Å². The number of para-hydroxylation sites is 1. The molecule has 7 nitrogen and oxygen atoms in total. The third-order valence-electron chi connectivity index (χ3n) is 5.78. The first-order valence-electron chi connectivity index (χ1n) is 9.59. The van der Waals surface area contributed by atoms with Gasteiger partial charge in [0, 0.05) is 16.5 Å². The molecule has 0 saturated heterocycles. The zero-order valence-corrected chi connectivity index (χ0v) is 16.9. The number of carbonyl (C=O) groups excluding carboxylic acids is 2. The minimum absolute atomic E-state index is 0.113. The van der Waals surface area contributed by atoms with Crippen molar-refractivity contribution < 1.29 is 19.1 Å². The molecule has 2 aliphatic rings. The third-order valence-corrected chi connectivity index (χ3v) is 6.00. The molecule has 152 valence electrons.